The zero-order valence-corrected chi connectivity index (χ0v) is 19.3. The van der Waals surface area contributed by atoms with Gasteiger partial charge in [-0.15, -0.1) is 0 Å². The van der Waals surface area contributed by atoms with Crippen molar-refractivity contribution in [3.63, 3.8) is 0 Å². The van der Waals surface area contributed by atoms with Gasteiger partial charge in [-0.25, -0.2) is 8.42 Å². The predicted octanol–water partition coefficient (Wildman–Crippen LogP) is 3.61. The van der Waals surface area contributed by atoms with E-state index < -0.39 is 16.1 Å². The molecule has 0 aliphatic rings. The molecule has 1 N–H and O–H groups in total. The average Bonchev–Trinajstić information content (AvgIpc) is 2.71. The number of ether oxygens (including phenoxy) is 1. The summed E-state index contributed by atoms with van der Waals surface area (Å²) < 4.78 is 31.9. The molecular weight excluding hydrogens is 400 g/mol. The third-order valence-electron chi connectivity index (χ3n) is 5.08. The molecule has 0 saturated carbocycles. The molecule has 2 aromatic carbocycles. The Bertz CT molecular complexity index is 956. The van der Waals surface area contributed by atoms with Crippen molar-refractivity contribution in [1.29, 1.82) is 0 Å². The minimum absolute atomic E-state index is 0.287. The van der Waals surface area contributed by atoms with Crippen LogP contribution in [0.4, 0.5) is 5.69 Å². The van der Waals surface area contributed by atoms with Crippen molar-refractivity contribution in [2.45, 2.75) is 46.6 Å². The van der Waals surface area contributed by atoms with Gasteiger partial charge >= 0.3 is 0 Å². The quantitative estimate of drug-likeness (QED) is 0.582. The Morgan fingerprint density at radius 2 is 1.73 bits per heavy atom. The molecule has 7 heteroatoms. The lowest BCUT2D eigenvalue weighted by Crippen LogP contribution is -2.50. The molecule has 1 amide bonds. The first kappa shape index (κ1) is 23.7. The molecule has 0 aliphatic heterocycles. The second kappa shape index (κ2) is 10.5. The maximum Gasteiger partial charge on any atom is 0.244 e. The van der Waals surface area contributed by atoms with Crippen molar-refractivity contribution < 1.29 is 17.9 Å². The Hall–Kier alpha value is -2.54. The largest absolute Gasteiger partial charge is 0.492 e. The molecule has 164 valence electrons. The van der Waals surface area contributed by atoms with Crippen LogP contribution in [0.2, 0.25) is 0 Å². The summed E-state index contributed by atoms with van der Waals surface area (Å²) in [7, 11) is -3.64. The molecule has 0 spiro atoms. The standard InChI is InChI=1S/C23H32N2O4S/c1-6-19-9-12-21(13-10-19)29-15-14-24-23(26)22(7-2)25(30(5,27)28)20-11-8-17(3)18(4)16-20/h8-13,16,22H,6-7,14-15H2,1-5H3,(H,24,26)/t22-/m1/s1. The molecule has 0 saturated heterocycles. The van der Waals surface area contributed by atoms with Gasteiger partial charge in [-0.05, 0) is 67.6 Å². The van der Waals surface area contributed by atoms with Crippen LogP contribution in [0.1, 0.15) is 37.0 Å². The molecule has 0 aromatic heterocycles. The van der Waals surface area contributed by atoms with Crippen molar-refractivity contribution in [3.05, 3.63) is 59.2 Å². The lowest BCUT2D eigenvalue weighted by molar-refractivity contribution is -0.122. The highest BCUT2D eigenvalue weighted by atomic mass is 32.2. The number of rotatable bonds is 10. The van der Waals surface area contributed by atoms with E-state index in [2.05, 4.69) is 12.2 Å². The molecule has 0 radical (unpaired) electrons. The highest BCUT2D eigenvalue weighted by molar-refractivity contribution is 7.92. The molecule has 0 aliphatic carbocycles. The number of hydrogen-bond donors (Lipinski definition) is 1. The van der Waals surface area contributed by atoms with Gasteiger partial charge in [0.25, 0.3) is 0 Å². The fourth-order valence-corrected chi connectivity index (χ4v) is 4.41. The van der Waals surface area contributed by atoms with E-state index in [4.69, 9.17) is 4.74 Å². The van der Waals surface area contributed by atoms with Crippen molar-refractivity contribution in [3.8, 4) is 5.75 Å². The van der Waals surface area contributed by atoms with Crippen LogP contribution < -0.4 is 14.4 Å². The zero-order valence-electron chi connectivity index (χ0n) is 18.4. The van der Waals surface area contributed by atoms with Crippen LogP contribution >= 0.6 is 0 Å². The van der Waals surface area contributed by atoms with Crippen molar-refractivity contribution in [2.75, 3.05) is 23.7 Å². The molecule has 1 atom stereocenters. The summed E-state index contributed by atoms with van der Waals surface area (Å²) in [5.41, 5.74) is 3.76. The van der Waals surface area contributed by atoms with Gasteiger partial charge in [-0.3, -0.25) is 9.10 Å². The Morgan fingerprint density at radius 1 is 1.07 bits per heavy atom. The average molecular weight is 433 g/mol. The van der Waals surface area contributed by atoms with Gasteiger partial charge in [0, 0.05) is 0 Å². The van der Waals surface area contributed by atoms with Gasteiger partial charge in [0.2, 0.25) is 15.9 Å². The molecule has 6 nitrogen and oxygen atoms in total. The maximum absolute atomic E-state index is 12.8. The topological polar surface area (TPSA) is 75.7 Å². The number of anilines is 1. The Morgan fingerprint density at radius 3 is 2.27 bits per heavy atom. The van der Waals surface area contributed by atoms with Gasteiger partial charge in [0.1, 0.15) is 18.4 Å². The summed E-state index contributed by atoms with van der Waals surface area (Å²) in [4.78, 5) is 12.8. The van der Waals surface area contributed by atoms with Crippen molar-refractivity contribution >= 4 is 21.6 Å². The normalized spacial score (nSPS) is 12.3. The first-order valence-corrected chi connectivity index (χ1v) is 12.1. The first-order chi connectivity index (χ1) is 14.2. The fourth-order valence-electron chi connectivity index (χ4n) is 3.21. The van der Waals surface area contributed by atoms with Crippen LogP contribution in [0, 0.1) is 13.8 Å². The van der Waals surface area contributed by atoms with E-state index in [1.807, 2.05) is 44.2 Å². The Kier molecular flexibility index (Phi) is 8.29. The summed E-state index contributed by atoms with van der Waals surface area (Å²) in [6.45, 7) is 8.36. The zero-order chi connectivity index (χ0) is 22.3. The lowest BCUT2D eigenvalue weighted by Gasteiger charge is -2.30. The van der Waals surface area contributed by atoms with E-state index in [1.54, 1.807) is 19.1 Å². The number of carbonyl (C=O) groups excluding carboxylic acids is 1. The van der Waals surface area contributed by atoms with Gasteiger partial charge in [-0.2, -0.15) is 0 Å². The molecule has 0 fully saturated rings. The van der Waals surface area contributed by atoms with Crippen LogP contribution in [0.25, 0.3) is 0 Å². The van der Waals surface area contributed by atoms with E-state index in [1.165, 1.54) is 9.87 Å². The highest BCUT2D eigenvalue weighted by Gasteiger charge is 2.31. The molecule has 2 rings (SSSR count). The number of carbonyl (C=O) groups is 1. The van der Waals surface area contributed by atoms with Crippen LogP contribution in [-0.4, -0.2) is 39.8 Å². The van der Waals surface area contributed by atoms with Crippen LogP contribution in [-0.2, 0) is 21.2 Å². The summed E-state index contributed by atoms with van der Waals surface area (Å²) in [6, 6.07) is 12.4. The summed E-state index contributed by atoms with van der Waals surface area (Å²) in [5, 5.41) is 2.80. The first-order valence-electron chi connectivity index (χ1n) is 10.2. The Balaban J connectivity index is 2.05. The SMILES string of the molecule is CCc1ccc(OCCNC(=O)[C@@H](CC)N(c2ccc(C)c(C)c2)S(C)(=O)=O)cc1. The van der Waals surface area contributed by atoms with Crippen molar-refractivity contribution in [1.82, 2.24) is 5.32 Å². The number of sulfonamides is 1. The third-order valence-corrected chi connectivity index (χ3v) is 6.26. The molecule has 0 bridgehead atoms. The van der Waals surface area contributed by atoms with E-state index in [0.29, 0.717) is 18.7 Å². The number of amides is 1. The number of benzene rings is 2. The van der Waals surface area contributed by atoms with E-state index >= 15 is 0 Å². The van der Waals surface area contributed by atoms with Crippen LogP contribution in [0.15, 0.2) is 42.5 Å². The Labute approximate surface area is 180 Å². The molecule has 0 unspecified atom stereocenters. The summed E-state index contributed by atoms with van der Waals surface area (Å²) in [6.07, 6.45) is 2.44. The summed E-state index contributed by atoms with van der Waals surface area (Å²) in [5.74, 6) is 0.396. The minimum atomic E-state index is -3.64. The van der Waals surface area contributed by atoms with Gasteiger partial charge < -0.3 is 10.1 Å². The van der Waals surface area contributed by atoms with E-state index in [-0.39, 0.29) is 12.5 Å². The maximum atomic E-state index is 12.8. The van der Waals surface area contributed by atoms with Gasteiger partial charge in [0.05, 0.1) is 18.5 Å². The second-order valence-electron chi connectivity index (χ2n) is 7.39. The smallest absolute Gasteiger partial charge is 0.244 e. The number of nitrogens with zero attached hydrogens (tertiary/aromatic N) is 1. The molecule has 30 heavy (non-hydrogen) atoms. The number of aryl methyl sites for hydroxylation is 3. The number of nitrogens with one attached hydrogen (secondary N) is 1. The van der Waals surface area contributed by atoms with E-state index in [9.17, 15) is 13.2 Å². The monoisotopic (exact) mass is 432 g/mol. The highest BCUT2D eigenvalue weighted by Crippen LogP contribution is 2.25. The second-order valence-corrected chi connectivity index (χ2v) is 9.25. The predicted molar refractivity (Wildman–Crippen MR) is 122 cm³/mol. The third kappa shape index (κ3) is 6.23. The molecular formula is C23H32N2O4S. The van der Waals surface area contributed by atoms with Crippen molar-refractivity contribution in [2.24, 2.45) is 0 Å². The molecule has 2 aromatic rings. The fraction of sp³-hybridized carbons (Fsp3) is 0.435. The number of hydrogen-bond acceptors (Lipinski definition) is 4. The van der Waals surface area contributed by atoms with Gasteiger partial charge in [-0.1, -0.05) is 32.0 Å². The van der Waals surface area contributed by atoms with Gasteiger partial charge in [0.15, 0.2) is 0 Å². The molecule has 0 heterocycles. The van der Waals surface area contributed by atoms with E-state index in [0.717, 1.165) is 29.6 Å². The minimum Gasteiger partial charge on any atom is -0.492 e. The van der Waals surface area contributed by atoms with Crippen LogP contribution in [0.5, 0.6) is 5.75 Å². The lowest BCUT2D eigenvalue weighted by atomic mass is 10.1. The van der Waals surface area contributed by atoms with Crippen LogP contribution in [0.3, 0.4) is 0 Å². The summed E-state index contributed by atoms with van der Waals surface area (Å²) >= 11 is 0.